The molecule has 0 unspecified atom stereocenters. The summed E-state index contributed by atoms with van der Waals surface area (Å²) in [6, 6.07) is 2.70. The SMILES string of the molecule is CC(C)CCNC(=O)Nc1c(Br)cc(Br)cc1C(=O)O. The van der Waals surface area contributed by atoms with Gasteiger partial charge in [-0.15, -0.1) is 0 Å². The Morgan fingerprint density at radius 2 is 1.95 bits per heavy atom. The van der Waals surface area contributed by atoms with E-state index < -0.39 is 12.0 Å². The molecule has 0 aliphatic carbocycles. The van der Waals surface area contributed by atoms with E-state index in [9.17, 15) is 9.59 Å². The van der Waals surface area contributed by atoms with Gasteiger partial charge in [0.15, 0.2) is 0 Å². The van der Waals surface area contributed by atoms with Crippen LogP contribution in [-0.2, 0) is 0 Å². The highest BCUT2D eigenvalue weighted by Crippen LogP contribution is 2.30. The summed E-state index contributed by atoms with van der Waals surface area (Å²) in [6.07, 6.45) is 0.862. The van der Waals surface area contributed by atoms with E-state index in [-0.39, 0.29) is 11.3 Å². The van der Waals surface area contributed by atoms with Crippen LogP contribution in [0.3, 0.4) is 0 Å². The number of nitrogens with one attached hydrogen (secondary N) is 2. The van der Waals surface area contributed by atoms with Crippen LogP contribution in [0.4, 0.5) is 10.5 Å². The van der Waals surface area contributed by atoms with Gasteiger partial charge in [0.2, 0.25) is 0 Å². The Balaban J connectivity index is 2.81. The van der Waals surface area contributed by atoms with E-state index >= 15 is 0 Å². The average molecular weight is 408 g/mol. The van der Waals surface area contributed by atoms with Gasteiger partial charge < -0.3 is 15.7 Å². The van der Waals surface area contributed by atoms with Gasteiger partial charge in [0.25, 0.3) is 0 Å². The predicted molar refractivity (Wildman–Crippen MR) is 85.3 cm³/mol. The third-order valence-electron chi connectivity index (χ3n) is 2.53. The van der Waals surface area contributed by atoms with Crippen molar-refractivity contribution in [2.45, 2.75) is 20.3 Å². The molecule has 0 fully saturated rings. The molecule has 1 aromatic carbocycles. The minimum Gasteiger partial charge on any atom is -0.478 e. The number of carboxylic acids is 1. The molecule has 0 radical (unpaired) electrons. The van der Waals surface area contributed by atoms with Gasteiger partial charge in [-0.05, 0) is 40.4 Å². The lowest BCUT2D eigenvalue weighted by Crippen LogP contribution is -2.30. The van der Waals surface area contributed by atoms with Gasteiger partial charge in [-0.1, -0.05) is 29.8 Å². The van der Waals surface area contributed by atoms with Crippen molar-refractivity contribution in [3.05, 3.63) is 26.6 Å². The Hall–Kier alpha value is -1.08. The first-order chi connectivity index (χ1) is 9.31. The molecule has 0 atom stereocenters. The van der Waals surface area contributed by atoms with Crippen molar-refractivity contribution in [3.8, 4) is 0 Å². The summed E-state index contributed by atoms with van der Waals surface area (Å²) in [5.74, 6) is -0.617. The number of amides is 2. The van der Waals surface area contributed by atoms with Crippen molar-refractivity contribution >= 4 is 49.5 Å². The smallest absolute Gasteiger partial charge is 0.337 e. The van der Waals surface area contributed by atoms with E-state index in [0.29, 0.717) is 21.4 Å². The third-order valence-corrected chi connectivity index (χ3v) is 3.61. The van der Waals surface area contributed by atoms with Crippen molar-refractivity contribution in [2.75, 3.05) is 11.9 Å². The highest BCUT2D eigenvalue weighted by atomic mass is 79.9. The van der Waals surface area contributed by atoms with Crippen molar-refractivity contribution < 1.29 is 14.7 Å². The van der Waals surface area contributed by atoms with E-state index in [1.807, 2.05) is 0 Å². The van der Waals surface area contributed by atoms with Crippen molar-refractivity contribution in [1.82, 2.24) is 5.32 Å². The molecule has 0 aliphatic rings. The molecule has 0 saturated carbocycles. The van der Waals surface area contributed by atoms with Gasteiger partial charge in [0, 0.05) is 15.5 Å². The molecule has 0 spiro atoms. The number of halogens is 2. The fourth-order valence-electron chi connectivity index (χ4n) is 1.50. The molecule has 0 aliphatic heterocycles. The van der Waals surface area contributed by atoms with Crippen LogP contribution in [0.2, 0.25) is 0 Å². The zero-order valence-corrected chi connectivity index (χ0v) is 14.3. The van der Waals surface area contributed by atoms with Gasteiger partial charge in [-0.2, -0.15) is 0 Å². The summed E-state index contributed by atoms with van der Waals surface area (Å²) in [5.41, 5.74) is 0.257. The zero-order valence-electron chi connectivity index (χ0n) is 11.2. The first kappa shape index (κ1) is 17.0. The Kier molecular flexibility index (Phi) is 6.48. The van der Waals surface area contributed by atoms with Gasteiger partial charge >= 0.3 is 12.0 Å². The maximum atomic E-state index is 11.8. The van der Waals surface area contributed by atoms with Gasteiger partial charge in [0.1, 0.15) is 0 Å². The number of hydrogen-bond donors (Lipinski definition) is 3. The van der Waals surface area contributed by atoms with Crippen LogP contribution in [0, 0.1) is 5.92 Å². The molecular formula is C13H16Br2N2O3. The number of rotatable bonds is 5. The maximum absolute atomic E-state index is 11.8. The number of carboxylic acid groups (broad SMARTS) is 1. The van der Waals surface area contributed by atoms with E-state index in [2.05, 4.69) is 56.3 Å². The molecule has 1 rings (SSSR count). The molecule has 2 amide bonds. The van der Waals surface area contributed by atoms with Crippen LogP contribution in [0.25, 0.3) is 0 Å². The monoisotopic (exact) mass is 406 g/mol. The van der Waals surface area contributed by atoms with Crippen molar-refractivity contribution in [1.29, 1.82) is 0 Å². The highest BCUT2D eigenvalue weighted by Gasteiger charge is 2.16. The van der Waals surface area contributed by atoms with Gasteiger partial charge in [-0.25, -0.2) is 9.59 Å². The molecular weight excluding hydrogens is 392 g/mol. The molecule has 0 aromatic heterocycles. The Bertz CT molecular complexity index is 519. The summed E-state index contributed by atoms with van der Waals surface area (Å²) < 4.78 is 1.12. The lowest BCUT2D eigenvalue weighted by atomic mass is 10.1. The summed E-state index contributed by atoms with van der Waals surface area (Å²) in [4.78, 5) is 23.0. The molecule has 20 heavy (non-hydrogen) atoms. The number of aromatic carboxylic acids is 1. The molecule has 5 nitrogen and oxygen atoms in total. The number of carbonyl (C=O) groups excluding carboxylic acids is 1. The van der Waals surface area contributed by atoms with Crippen LogP contribution >= 0.6 is 31.9 Å². The van der Waals surface area contributed by atoms with E-state index in [1.165, 1.54) is 6.07 Å². The van der Waals surface area contributed by atoms with E-state index in [0.717, 1.165) is 6.42 Å². The molecule has 1 aromatic rings. The van der Waals surface area contributed by atoms with Gasteiger partial charge in [-0.3, -0.25) is 0 Å². The van der Waals surface area contributed by atoms with E-state index in [1.54, 1.807) is 6.07 Å². The standard InChI is InChI=1S/C13H16Br2N2O3/c1-7(2)3-4-16-13(20)17-11-9(12(18)19)5-8(14)6-10(11)15/h5-7H,3-4H2,1-2H3,(H,18,19)(H2,16,17,20). The second-order valence-electron chi connectivity index (χ2n) is 4.68. The molecule has 0 heterocycles. The second kappa shape index (κ2) is 7.64. The fourth-order valence-corrected chi connectivity index (χ4v) is 2.83. The number of carbonyl (C=O) groups is 2. The van der Waals surface area contributed by atoms with Crippen LogP contribution < -0.4 is 10.6 Å². The van der Waals surface area contributed by atoms with Crippen molar-refractivity contribution in [2.24, 2.45) is 5.92 Å². The third kappa shape index (κ3) is 5.13. The highest BCUT2D eigenvalue weighted by molar-refractivity contribution is 9.11. The molecule has 7 heteroatoms. The Labute approximate surface area is 134 Å². The first-order valence-electron chi connectivity index (χ1n) is 6.08. The molecule has 0 saturated heterocycles. The Morgan fingerprint density at radius 3 is 2.50 bits per heavy atom. The normalized spacial score (nSPS) is 10.4. The fraction of sp³-hybridized carbons (Fsp3) is 0.385. The summed E-state index contributed by atoms with van der Waals surface area (Å²) in [7, 11) is 0. The summed E-state index contributed by atoms with van der Waals surface area (Å²) in [6.45, 7) is 4.67. The lowest BCUT2D eigenvalue weighted by Gasteiger charge is -2.13. The van der Waals surface area contributed by atoms with Crippen LogP contribution in [0.1, 0.15) is 30.6 Å². The molecule has 0 bridgehead atoms. The molecule has 3 N–H and O–H groups in total. The summed E-state index contributed by atoms with van der Waals surface area (Å²) in [5, 5.41) is 14.4. The van der Waals surface area contributed by atoms with Gasteiger partial charge in [0.05, 0.1) is 11.3 Å². The zero-order chi connectivity index (χ0) is 15.3. The lowest BCUT2D eigenvalue weighted by molar-refractivity contribution is 0.0698. The predicted octanol–water partition coefficient (Wildman–Crippen LogP) is 4.08. The van der Waals surface area contributed by atoms with Crippen LogP contribution in [-0.4, -0.2) is 23.7 Å². The van der Waals surface area contributed by atoms with E-state index in [4.69, 9.17) is 5.11 Å². The number of hydrogen-bond acceptors (Lipinski definition) is 2. The number of anilines is 1. The van der Waals surface area contributed by atoms with Crippen LogP contribution in [0.15, 0.2) is 21.1 Å². The van der Waals surface area contributed by atoms with Crippen molar-refractivity contribution in [3.63, 3.8) is 0 Å². The van der Waals surface area contributed by atoms with Crippen LogP contribution in [0.5, 0.6) is 0 Å². The molecule has 110 valence electrons. The second-order valence-corrected chi connectivity index (χ2v) is 6.45. The minimum atomic E-state index is -1.11. The summed E-state index contributed by atoms with van der Waals surface area (Å²) >= 11 is 6.47. The average Bonchev–Trinajstić information content (AvgIpc) is 2.31. The Morgan fingerprint density at radius 1 is 1.30 bits per heavy atom. The maximum Gasteiger partial charge on any atom is 0.337 e. The largest absolute Gasteiger partial charge is 0.478 e. The number of benzene rings is 1. The first-order valence-corrected chi connectivity index (χ1v) is 7.67. The topological polar surface area (TPSA) is 78.4 Å². The quantitative estimate of drug-likeness (QED) is 0.688. The minimum absolute atomic E-state index is 0.0188. The number of urea groups is 1.